The summed E-state index contributed by atoms with van der Waals surface area (Å²) in [5.41, 5.74) is 7.45. The number of primary amides is 1. The molecule has 0 saturated carbocycles. The Kier molecular flexibility index (Phi) is 4.59. The van der Waals surface area contributed by atoms with Crippen molar-refractivity contribution >= 4 is 28.5 Å². The molecule has 2 rings (SSSR count). The van der Waals surface area contributed by atoms with Crippen LogP contribution in [-0.2, 0) is 17.2 Å². The number of unbranched alkanes of at least 4 members (excludes halogenated alkanes) is 1. The van der Waals surface area contributed by atoms with Gasteiger partial charge in [0.25, 0.3) is 0 Å². The second-order valence-electron chi connectivity index (χ2n) is 4.55. The molecule has 0 spiro atoms. The molecule has 6 heteroatoms. The van der Waals surface area contributed by atoms with Gasteiger partial charge in [0.2, 0.25) is 5.91 Å². The molecule has 5 nitrogen and oxygen atoms in total. The number of aryl methyl sites for hydroxylation is 1. The SMILES string of the molecule is N#Cc1ccc2nc(CCl)n(CCCCC(N)=O)c2c1. The Morgan fingerprint density at radius 2 is 2.25 bits per heavy atom. The van der Waals surface area contributed by atoms with E-state index in [1.165, 1.54) is 0 Å². The second-order valence-corrected chi connectivity index (χ2v) is 4.82. The first-order chi connectivity index (χ1) is 9.65. The van der Waals surface area contributed by atoms with E-state index < -0.39 is 0 Å². The zero-order valence-corrected chi connectivity index (χ0v) is 11.7. The summed E-state index contributed by atoms with van der Waals surface area (Å²) in [5, 5.41) is 8.97. The maximum Gasteiger partial charge on any atom is 0.217 e. The molecule has 2 aromatic rings. The van der Waals surface area contributed by atoms with E-state index in [9.17, 15) is 4.79 Å². The predicted octanol–water partition coefficient (Wildman–Crippen LogP) is 2.30. The predicted molar refractivity (Wildman–Crippen MR) is 77.1 cm³/mol. The first-order valence-corrected chi connectivity index (χ1v) is 6.92. The maximum absolute atomic E-state index is 10.7. The number of rotatable bonds is 6. The fourth-order valence-electron chi connectivity index (χ4n) is 2.16. The van der Waals surface area contributed by atoms with Crippen molar-refractivity contribution in [3.8, 4) is 6.07 Å². The Labute approximate surface area is 122 Å². The van der Waals surface area contributed by atoms with Gasteiger partial charge in [-0.2, -0.15) is 5.26 Å². The van der Waals surface area contributed by atoms with Gasteiger partial charge in [0.15, 0.2) is 0 Å². The van der Waals surface area contributed by atoms with Crippen LogP contribution in [0.3, 0.4) is 0 Å². The third-order valence-electron chi connectivity index (χ3n) is 3.13. The molecule has 1 heterocycles. The molecular formula is C14H15ClN4O. The number of carbonyl (C=O) groups excluding carboxylic acids is 1. The molecule has 104 valence electrons. The van der Waals surface area contributed by atoms with Crippen molar-refractivity contribution in [1.82, 2.24) is 9.55 Å². The molecule has 1 amide bonds. The molecule has 0 aliphatic heterocycles. The second kappa shape index (κ2) is 6.40. The average Bonchev–Trinajstić information content (AvgIpc) is 2.80. The molecule has 0 atom stereocenters. The van der Waals surface area contributed by atoms with Crippen LogP contribution in [0.1, 0.15) is 30.7 Å². The van der Waals surface area contributed by atoms with Crippen LogP contribution >= 0.6 is 11.6 Å². The normalized spacial score (nSPS) is 10.6. The number of amides is 1. The van der Waals surface area contributed by atoms with Gasteiger partial charge in [-0.15, -0.1) is 11.6 Å². The van der Waals surface area contributed by atoms with Gasteiger partial charge in [0, 0.05) is 13.0 Å². The van der Waals surface area contributed by atoms with Gasteiger partial charge in [-0.05, 0) is 31.0 Å². The van der Waals surface area contributed by atoms with E-state index in [2.05, 4.69) is 11.1 Å². The quantitative estimate of drug-likeness (QED) is 0.654. The number of fused-ring (bicyclic) bond motifs is 1. The number of alkyl halides is 1. The fraction of sp³-hybridized carbons (Fsp3) is 0.357. The van der Waals surface area contributed by atoms with Crippen molar-refractivity contribution in [3.05, 3.63) is 29.6 Å². The van der Waals surface area contributed by atoms with Gasteiger partial charge in [-0.25, -0.2) is 4.98 Å². The molecule has 0 aliphatic rings. The van der Waals surface area contributed by atoms with Crippen LogP contribution in [0.4, 0.5) is 0 Å². The Bertz CT molecular complexity index is 672. The molecule has 2 N–H and O–H groups in total. The van der Waals surface area contributed by atoms with Gasteiger partial charge in [-0.3, -0.25) is 4.79 Å². The lowest BCUT2D eigenvalue weighted by Crippen LogP contribution is -2.10. The minimum atomic E-state index is -0.287. The van der Waals surface area contributed by atoms with Gasteiger partial charge < -0.3 is 10.3 Å². The molecule has 0 radical (unpaired) electrons. The van der Waals surface area contributed by atoms with Crippen LogP contribution in [-0.4, -0.2) is 15.5 Å². The van der Waals surface area contributed by atoms with E-state index in [0.717, 1.165) is 29.7 Å². The van der Waals surface area contributed by atoms with E-state index >= 15 is 0 Å². The lowest BCUT2D eigenvalue weighted by atomic mass is 10.2. The third kappa shape index (κ3) is 3.09. The molecule has 0 fully saturated rings. The number of nitrogens with two attached hydrogens (primary N) is 1. The minimum Gasteiger partial charge on any atom is -0.370 e. The number of halogens is 1. The Morgan fingerprint density at radius 3 is 2.90 bits per heavy atom. The molecule has 0 saturated heterocycles. The number of carbonyl (C=O) groups is 1. The summed E-state index contributed by atoms with van der Waals surface area (Å²) in [5.74, 6) is 0.799. The monoisotopic (exact) mass is 290 g/mol. The summed E-state index contributed by atoms with van der Waals surface area (Å²) >= 11 is 5.92. The Balaban J connectivity index is 2.25. The van der Waals surface area contributed by atoms with Crippen LogP contribution in [0.2, 0.25) is 0 Å². The number of nitriles is 1. The zero-order chi connectivity index (χ0) is 14.5. The summed E-state index contributed by atoms with van der Waals surface area (Å²) in [6, 6.07) is 7.50. The summed E-state index contributed by atoms with van der Waals surface area (Å²) in [7, 11) is 0. The van der Waals surface area contributed by atoms with Crippen molar-refractivity contribution in [2.75, 3.05) is 0 Å². The van der Waals surface area contributed by atoms with Crippen molar-refractivity contribution in [2.24, 2.45) is 5.73 Å². The van der Waals surface area contributed by atoms with E-state index in [-0.39, 0.29) is 5.91 Å². The number of benzene rings is 1. The number of imidazole rings is 1. The molecule has 1 aromatic heterocycles. The van der Waals surface area contributed by atoms with Crippen LogP contribution in [0.25, 0.3) is 11.0 Å². The van der Waals surface area contributed by atoms with Crippen LogP contribution in [0.15, 0.2) is 18.2 Å². The number of hydrogen-bond donors (Lipinski definition) is 1. The highest BCUT2D eigenvalue weighted by Gasteiger charge is 2.10. The van der Waals surface area contributed by atoms with Gasteiger partial charge in [-0.1, -0.05) is 0 Å². The zero-order valence-electron chi connectivity index (χ0n) is 11.0. The lowest BCUT2D eigenvalue weighted by molar-refractivity contribution is -0.118. The number of nitrogens with zero attached hydrogens (tertiary/aromatic N) is 3. The van der Waals surface area contributed by atoms with Crippen LogP contribution in [0, 0.1) is 11.3 Å². The minimum absolute atomic E-state index is 0.287. The van der Waals surface area contributed by atoms with Crippen molar-refractivity contribution < 1.29 is 4.79 Å². The number of aromatic nitrogens is 2. The average molecular weight is 291 g/mol. The standard InChI is InChI=1S/C14H15ClN4O/c15-8-14-18-11-5-4-10(9-16)7-12(11)19(14)6-2-1-3-13(17)20/h4-5,7H,1-3,6,8H2,(H2,17,20). The molecular weight excluding hydrogens is 276 g/mol. The van der Waals surface area contributed by atoms with E-state index in [4.69, 9.17) is 22.6 Å². The smallest absolute Gasteiger partial charge is 0.217 e. The molecule has 20 heavy (non-hydrogen) atoms. The third-order valence-corrected chi connectivity index (χ3v) is 3.37. The topological polar surface area (TPSA) is 84.7 Å². The Morgan fingerprint density at radius 1 is 1.45 bits per heavy atom. The number of hydrogen-bond acceptors (Lipinski definition) is 3. The van der Waals surface area contributed by atoms with E-state index in [0.29, 0.717) is 24.4 Å². The first kappa shape index (κ1) is 14.4. The van der Waals surface area contributed by atoms with Crippen molar-refractivity contribution in [2.45, 2.75) is 31.7 Å². The largest absolute Gasteiger partial charge is 0.370 e. The highest BCUT2D eigenvalue weighted by atomic mass is 35.5. The summed E-state index contributed by atoms with van der Waals surface area (Å²) in [4.78, 5) is 15.2. The van der Waals surface area contributed by atoms with Crippen molar-refractivity contribution in [1.29, 1.82) is 5.26 Å². The molecule has 0 aliphatic carbocycles. The lowest BCUT2D eigenvalue weighted by Gasteiger charge is -2.07. The summed E-state index contributed by atoms with van der Waals surface area (Å²) in [6.45, 7) is 0.709. The molecule has 0 bridgehead atoms. The van der Waals surface area contributed by atoms with Crippen LogP contribution < -0.4 is 5.73 Å². The van der Waals surface area contributed by atoms with Crippen molar-refractivity contribution in [3.63, 3.8) is 0 Å². The van der Waals surface area contributed by atoms with Gasteiger partial charge >= 0.3 is 0 Å². The summed E-state index contributed by atoms with van der Waals surface area (Å²) in [6.07, 6.45) is 1.93. The first-order valence-electron chi connectivity index (χ1n) is 6.39. The van der Waals surface area contributed by atoms with Crippen LogP contribution in [0.5, 0.6) is 0 Å². The molecule has 0 unspecified atom stereocenters. The summed E-state index contributed by atoms with van der Waals surface area (Å²) < 4.78 is 2.00. The highest BCUT2D eigenvalue weighted by Crippen LogP contribution is 2.20. The Hall–Kier alpha value is -2.06. The molecule has 1 aromatic carbocycles. The van der Waals surface area contributed by atoms with Gasteiger partial charge in [0.1, 0.15) is 5.82 Å². The highest BCUT2D eigenvalue weighted by molar-refractivity contribution is 6.16. The van der Waals surface area contributed by atoms with E-state index in [1.807, 2.05) is 16.7 Å². The van der Waals surface area contributed by atoms with E-state index in [1.54, 1.807) is 6.07 Å². The van der Waals surface area contributed by atoms with Gasteiger partial charge in [0.05, 0.1) is 28.5 Å². The maximum atomic E-state index is 10.7. The fourth-order valence-corrected chi connectivity index (χ4v) is 2.37.